The Morgan fingerprint density at radius 1 is 0.867 bits per heavy atom. The maximum atomic E-state index is 13.4. The van der Waals surface area contributed by atoms with Crippen LogP contribution >= 0.6 is 0 Å². The molecule has 6 heteroatoms. The van der Waals surface area contributed by atoms with Crippen molar-refractivity contribution >= 4 is 11.0 Å². The van der Waals surface area contributed by atoms with E-state index in [4.69, 9.17) is 13.9 Å². The van der Waals surface area contributed by atoms with Gasteiger partial charge in [0.2, 0.25) is 11.2 Å². The van der Waals surface area contributed by atoms with Crippen LogP contribution in [0.15, 0.2) is 51.7 Å². The van der Waals surface area contributed by atoms with Gasteiger partial charge in [0.05, 0.1) is 12.5 Å². The number of hydrogen-bond donors (Lipinski definition) is 0. The Morgan fingerprint density at radius 2 is 1.50 bits per heavy atom. The number of ether oxygens (including phenoxy) is 2. The van der Waals surface area contributed by atoms with Crippen molar-refractivity contribution in [2.45, 2.75) is 27.7 Å². The third-order valence-corrected chi connectivity index (χ3v) is 4.97. The summed E-state index contributed by atoms with van der Waals surface area (Å²) in [5, 5.41) is 0.453. The summed E-state index contributed by atoms with van der Waals surface area (Å²) in [5.41, 5.74) is 4.46. The third kappa shape index (κ3) is 3.64. The van der Waals surface area contributed by atoms with Crippen LogP contribution in [0.5, 0.6) is 17.5 Å². The van der Waals surface area contributed by atoms with E-state index in [1.54, 1.807) is 19.2 Å². The monoisotopic (exact) mass is 402 g/mol. The fourth-order valence-electron chi connectivity index (χ4n) is 3.29. The minimum Gasteiger partial charge on any atom is -0.497 e. The van der Waals surface area contributed by atoms with E-state index in [2.05, 4.69) is 9.97 Å². The predicted molar refractivity (Wildman–Crippen MR) is 116 cm³/mol. The van der Waals surface area contributed by atoms with Crippen LogP contribution in [-0.4, -0.2) is 17.1 Å². The van der Waals surface area contributed by atoms with Crippen molar-refractivity contribution in [1.29, 1.82) is 0 Å². The molecule has 152 valence electrons. The lowest BCUT2D eigenvalue weighted by Crippen LogP contribution is -2.09. The number of benzene rings is 2. The fraction of sp³-hybridized carbons (Fsp3) is 0.208. The number of aromatic nitrogens is 2. The van der Waals surface area contributed by atoms with Crippen molar-refractivity contribution in [3.63, 3.8) is 0 Å². The summed E-state index contributed by atoms with van der Waals surface area (Å²) in [6.45, 7) is 7.64. The Kier molecular flexibility index (Phi) is 4.99. The molecule has 2 aromatic carbocycles. The van der Waals surface area contributed by atoms with Crippen LogP contribution in [0, 0.1) is 27.7 Å². The van der Waals surface area contributed by atoms with Gasteiger partial charge in [-0.25, -0.2) is 9.97 Å². The molecule has 0 fully saturated rings. The molecule has 0 radical (unpaired) electrons. The van der Waals surface area contributed by atoms with Gasteiger partial charge >= 0.3 is 6.01 Å². The zero-order valence-electron chi connectivity index (χ0n) is 17.6. The summed E-state index contributed by atoms with van der Waals surface area (Å²) in [5.74, 6) is 1.08. The highest BCUT2D eigenvalue weighted by Gasteiger charge is 2.20. The van der Waals surface area contributed by atoms with Gasteiger partial charge in [-0.15, -0.1) is 0 Å². The molecule has 0 spiro atoms. The Hall–Kier alpha value is -3.67. The second-order valence-electron chi connectivity index (χ2n) is 7.29. The van der Waals surface area contributed by atoms with Gasteiger partial charge in [0.15, 0.2) is 5.76 Å². The van der Waals surface area contributed by atoms with Crippen molar-refractivity contribution in [3.05, 3.63) is 75.2 Å². The molecular weight excluding hydrogens is 380 g/mol. The fourth-order valence-corrected chi connectivity index (χ4v) is 3.29. The topological polar surface area (TPSA) is 74.5 Å². The SMILES string of the molecule is COc1ccc(-c2oc3cc(C)c(C)cc3c(=O)c2Oc2nc(C)cc(C)n2)cc1. The number of aryl methyl sites for hydroxylation is 4. The summed E-state index contributed by atoms with van der Waals surface area (Å²) in [6.07, 6.45) is 0. The summed E-state index contributed by atoms with van der Waals surface area (Å²) in [4.78, 5) is 22.0. The zero-order chi connectivity index (χ0) is 21.4. The van der Waals surface area contributed by atoms with Crippen LogP contribution in [0.2, 0.25) is 0 Å². The zero-order valence-corrected chi connectivity index (χ0v) is 17.6. The van der Waals surface area contributed by atoms with Crippen LogP contribution in [0.3, 0.4) is 0 Å². The first-order valence-corrected chi connectivity index (χ1v) is 9.58. The van der Waals surface area contributed by atoms with Gasteiger partial charge in [-0.2, -0.15) is 0 Å². The summed E-state index contributed by atoms with van der Waals surface area (Å²) >= 11 is 0. The van der Waals surface area contributed by atoms with Gasteiger partial charge in [-0.1, -0.05) is 0 Å². The van der Waals surface area contributed by atoms with E-state index < -0.39 is 0 Å². The van der Waals surface area contributed by atoms with E-state index in [1.807, 2.05) is 58.0 Å². The van der Waals surface area contributed by atoms with Crippen LogP contribution < -0.4 is 14.9 Å². The van der Waals surface area contributed by atoms with E-state index in [-0.39, 0.29) is 17.2 Å². The minimum atomic E-state index is -0.270. The van der Waals surface area contributed by atoms with E-state index in [9.17, 15) is 4.79 Å². The molecule has 6 nitrogen and oxygen atoms in total. The third-order valence-electron chi connectivity index (χ3n) is 4.97. The first-order chi connectivity index (χ1) is 14.4. The normalized spacial score (nSPS) is 11.0. The molecule has 4 rings (SSSR count). The molecule has 0 aliphatic carbocycles. The highest BCUT2D eigenvalue weighted by Crippen LogP contribution is 2.34. The Morgan fingerprint density at radius 3 is 2.13 bits per heavy atom. The Labute approximate surface area is 174 Å². The highest BCUT2D eigenvalue weighted by molar-refractivity contribution is 5.83. The van der Waals surface area contributed by atoms with E-state index in [0.717, 1.165) is 22.5 Å². The molecule has 2 aromatic heterocycles. The molecule has 0 bridgehead atoms. The second kappa shape index (κ2) is 7.63. The number of fused-ring (bicyclic) bond motifs is 1. The van der Waals surface area contributed by atoms with Gasteiger partial charge in [-0.3, -0.25) is 4.79 Å². The standard InChI is InChI=1S/C24H22N2O4/c1-13-10-19-20(11-14(13)2)29-22(17-6-8-18(28-5)9-7-17)23(21(19)27)30-24-25-15(3)12-16(4)26-24/h6-12H,1-5H3. The molecule has 0 saturated carbocycles. The number of hydrogen-bond acceptors (Lipinski definition) is 6. The van der Waals surface area contributed by atoms with Crippen LogP contribution in [0.4, 0.5) is 0 Å². The van der Waals surface area contributed by atoms with E-state index >= 15 is 0 Å². The maximum Gasteiger partial charge on any atom is 0.322 e. The molecule has 0 unspecified atom stereocenters. The highest BCUT2D eigenvalue weighted by atomic mass is 16.5. The Bertz CT molecular complexity index is 1290. The van der Waals surface area contributed by atoms with Crippen molar-refractivity contribution in [3.8, 4) is 28.8 Å². The van der Waals surface area contributed by atoms with Crippen LogP contribution in [-0.2, 0) is 0 Å². The number of nitrogens with zero attached hydrogens (tertiary/aromatic N) is 2. The average molecular weight is 402 g/mol. The summed E-state index contributed by atoms with van der Waals surface area (Å²) in [7, 11) is 1.60. The first kappa shape index (κ1) is 19.6. The number of methoxy groups -OCH3 is 1. The number of rotatable bonds is 4. The lowest BCUT2D eigenvalue weighted by molar-refractivity contribution is 0.414. The van der Waals surface area contributed by atoms with E-state index in [0.29, 0.717) is 28.0 Å². The van der Waals surface area contributed by atoms with Crippen molar-refractivity contribution in [2.75, 3.05) is 7.11 Å². The largest absolute Gasteiger partial charge is 0.497 e. The van der Waals surface area contributed by atoms with Crippen LogP contribution in [0.1, 0.15) is 22.5 Å². The molecule has 0 atom stereocenters. The smallest absolute Gasteiger partial charge is 0.322 e. The molecule has 0 amide bonds. The average Bonchev–Trinajstić information content (AvgIpc) is 2.71. The van der Waals surface area contributed by atoms with Crippen molar-refractivity contribution in [1.82, 2.24) is 9.97 Å². The first-order valence-electron chi connectivity index (χ1n) is 9.58. The molecule has 2 heterocycles. The molecule has 0 N–H and O–H groups in total. The van der Waals surface area contributed by atoms with Gasteiger partial charge in [0.1, 0.15) is 11.3 Å². The summed E-state index contributed by atoms with van der Waals surface area (Å²) in [6, 6.07) is 12.9. The van der Waals surface area contributed by atoms with Gasteiger partial charge in [-0.05, 0) is 81.3 Å². The van der Waals surface area contributed by atoms with Gasteiger partial charge < -0.3 is 13.9 Å². The molecule has 0 saturated heterocycles. The molecule has 30 heavy (non-hydrogen) atoms. The van der Waals surface area contributed by atoms with Crippen molar-refractivity contribution in [2.24, 2.45) is 0 Å². The lowest BCUT2D eigenvalue weighted by Gasteiger charge is -2.12. The Balaban J connectivity index is 1.97. The molecule has 4 aromatic rings. The molecule has 0 aliphatic rings. The quantitative estimate of drug-likeness (QED) is 0.462. The maximum absolute atomic E-state index is 13.4. The molecular formula is C24H22N2O4. The summed E-state index contributed by atoms with van der Waals surface area (Å²) < 4.78 is 17.3. The minimum absolute atomic E-state index is 0.0564. The van der Waals surface area contributed by atoms with Gasteiger partial charge in [0.25, 0.3) is 0 Å². The predicted octanol–water partition coefficient (Wildman–Crippen LogP) is 5.28. The van der Waals surface area contributed by atoms with Crippen molar-refractivity contribution < 1.29 is 13.9 Å². The van der Waals surface area contributed by atoms with Crippen LogP contribution in [0.25, 0.3) is 22.3 Å². The molecule has 0 aliphatic heterocycles. The van der Waals surface area contributed by atoms with E-state index in [1.165, 1.54) is 0 Å². The second-order valence-corrected chi connectivity index (χ2v) is 7.29. The van der Waals surface area contributed by atoms with Gasteiger partial charge in [0, 0.05) is 17.0 Å². The lowest BCUT2D eigenvalue weighted by atomic mass is 10.0.